The number of fused-ring (bicyclic) bond motifs is 1. The molecule has 1 amide bonds. The molecule has 8 heteroatoms. The summed E-state index contributed by atoms with van der Waals surface area (Å²) in [5.41, 5.74) is 2.63. The lowest BCUT2D eigenvalue weighted by Gasteiger charge is -2.34. The minimum Gasteiger partial charge on any atom is -0.486 e. The largest absolute Gasteiger partial charge is 0.486 e. The first-order valence-electron chi connectivity index (χ1n) is 9.27. The van der Waals surface area contributed by atoms with Crippen molar-refractivity contribution in [3.63, 3.8) is 0 Å². The van der Waals surface area contributed by atoms with Gasteiger partial charge in [0.25, 0.3) is 5.91 Å². The molecule has 3 aromatic rings. The van der Waals surface area contributed by atoms with E-state index in [0.29, 0.717) is 12.2 Å². The second-order valence-electron chi connectivity index (χ2n) is 7.27. The van der Waals surface area contributed by atoms with Crippen LogP contribution in [0.5, 0.6) is 5.75 Å². The number of aryl methyl sites for hydroxylation is 1. The van der Waals surface area contributed by atoms with E-state index in [2.05, 4.69) is 20.3 Å². The zero-order valence-corrected chi connectivity index (χ0v) is 16.3. The molecule has 1 aliphatic rings. The van der Waals surface area contributed by atoms with E-state index in [1.165, 1.54) is 0 Å². The molecule has 1 atom stereocenters. The zero-order chi connectivity index (χ0) is 19.8. The van der Waals surface area contributed by atoms with Gasteiger partial charge in [-0.05, 0) is 31.5 Å². The SMILES string of the molecule is Cc1cccc2c1O[C@@H](C)CN2C(=O)c1cc(-n2cnc(C(C)C)n2)cnn1. The molecule has 0 saturated heterocycles. The Kier molecular flexibility index (Phi) is 4.54. The Morgan fingerprint density at radius 3 is 2.89 bits per heavy atom. The Labute approximate surface area is 163 Å². The van der Waals surface area contributed by atoms with Gasteiger partial charge in [-0.3, -0.25) is 9.69 Å². The van der Waals surface area contributed by atoms with E-state index in [-0.39, 0.29) is 23.6 Å². The van der Waals surface area contributed by atoms with Crippen molar-refractivity contribution in [1.82, 2.24) is 25.0 Å². The van der Waals surface area contributed by atoms with Gasteiger partial charge in [0.15, 0.2) is 11.5 Å². The average molecular weight is 378 g/mol. The number of benzene rings is 1. The number of para-hydroxylation sites is 1. The summed E-state index contributed by atoms with van der Waals surface area (Å²) in [6.45, 7) is 8.41. The molecule has 8 nitrogen and oxygen atoms in total. The summed E-state index contributed by atoms with van der Waals surface area (Å²) >= 11 is 0. The molecule has 0 saturated carbocycles. The highest BCUT2D eigenvalue weighted by Crippen LogP contribution is 2.36. The number of carbonyl (C=O) groups is 1. The predicted molar refractivity (Wildman–Crippen MR) is 104 cm³/mol. The third-order valence-electron chi connectivity index (χ3n) is 4.64. The standard InChI is InChI=1S/C20H22N6O2/c1-12(2)19-21-11-26(24-19)15-8-16(23-22-9-15)20(27)25-10-14(4)28-18-13(3)6-5-7-17(18)25/h5-9,11-12,14H,10H2,1-4H3/t14-/m0/s1. The van der Waals surface area contributed by atoms with Gasteiger partial charge in [0, 0.05) is 5.92 Å². The molecule has 0 N–H and O–H groups in total. The second-order valence-corrected chi connectivity index (χ2v) is 7.27. The molecule has 144 valence electrons. The Hall–Kier alpha value is -3.29. The molecule has 0 aliphatic carbocycles. The van der Waals surface area contributed by atoms with Crippen LogP contribution < -0.4 is 9.64 Å². The normalized spacial score (nSPS) is 16.0. The number of amides is 1. The van der Waals surface area contributed by atoms with Crippen molar-refractivity contribution in [2.45, 2.75) is 39.7 Å². The second kappa shape index (κ2) is 7.03. The number of nitrogens with zero attached hydrogens (tertiary/aromatic N) is 6. The molecule has 28 heavy (non-hydrogen) atoms. The van der Waals surface area contributed by atoms with Crippen LogP contribution in [-0.2, 0) is 0 Å². The predicted octanol–water partition coefficient (Wildman–Crippen LogP) is 2.92. The van der Waals surface area contributed by atoms with Crippen LogP contribution in [0.3, 0.4) is 0 Å². The van der Waals surface area contributed by atoms with E-state index in [0.717, 1.165) is 22.8 Å². The van der Waals surface area contributed by atoms with Crippen molar-refractivity contribution in [2.24, 2.45) is 0 Å². The lowest BCUT2D eigenvalue weighted by molar-refractivity contribution is 0.0955. The van der Waals surface area contributed by atoms with E-state index < -0.39 is 0 Å². The van der Waals surface area contributed by atoms with Crippen LogP contribution in [0.2, 0.25) is 0 Å². The molecule has 2 aromatic heterocycles. The number of carbonyl (C=O) groups excluding carboxylic acids is 1. The summed E-state index contributed by atoms with van der Waals surface area (Å²) in [6, 6.07) is 7.45. The van der Waals surface area contributed by atoms with Gasteiger partial charge >= 0.3 is 0 Å². The molecule has 4 rings (SSSR count). The minimum absolute atomic E-state index is 0.113. The molecule has 0 spiro atoms. The monoisotopic (exact) mass is 378 g/mol. The molecule has 0 fully saturated rings. The highest BCUT2D eigenvalue weighted by atomic mass is 16.5. The topological polar surface area (TPSA) is 86.0 Å². The molecule has 1 aliphatic heterocycles. The molecule has 0 radical (unpaired) electrons. The van der Waals surface area contributed by atoms with Crippen molar-refractivity contribution in [1.29, 1.82) is 0 Å². The van der Waals surface area contributed by atoms with Crippen molar-refractivity contribution in [2.75, 3.05) is 11.4 Å². The summed E-state index contributed by atoms with van der Waals surface area (Å²) in [5, 5.41) is 12.5. The number of ether oxygens (including phenoxy) is 1. The van der Waals surface area contributed by atoms with E-state index in [4.69, 9.17) is 4.74 Å². The van der Waals surface area contributed by atoms with Crippen molar-refractivity contribution < 1.29 is 9.53 Å². The van der Waals surface area contributed by atoms with E-state index >= 15 is 0 Å². The fourth-order valence-electron chi connectivity index (χ4n) is 3.18. The maximum atomic E-state index is 13.2. The summed E-state index contributed by atoms with van der Waals surface area (Å²) in [4.78, 5) is 19.2. The third-order valence-corrected chi connectivity index (χ3v) is 4.64. The molecular formula is C20H22N6O2. The van der Waals surface area contributed by atoms with Crippen LogP contribution in [0.4, 0.5) is 5.69 Å². The zero-order valence-electron chi connectivity index (χ0n) is 16.3. The Bertz CT molecular complexity index is 1030. The van der Waals surface area contributed by atoms with Gasteiger partial charge in [-0.25, -0.2) is 9.67 Å². The minimum atomic E-state index is -0.222. The van der Waals surface area contributed by atoms with Gasteiger partial charge in [0.05, 0.1) is 24.1 Å². The van der Waals surface area contributed by atoms with Crippen LogP contribution in [0.15, 0.2) is 36.8 Å². The third kappa shape index (κ3) is 3.21. The number of rotatable bonds is 3. The smallest absolute Gasteiger partial charge is 0.279 e. The van der Waals surface area contributed by atoms with E-state index in [1.54, 1.807) is 28.2 Å². The highest BCUT2D eigenvalue weighted by molar-refractivity contribution is 6.06. The molecular weight excluding hydrogens is 356 g/mol. The summed E-state index contributed by atoms with van der Waals surface area (Å²) in [6.07, 6.45) is 3.07. The number of hydrogen-bond donors (Lipinski definition) is 0. The first kappa shape index (κ1) is 18.1. The Morgan fingerprint density at radius 1 is 1.32 bits per heavy atom. The summed E-state index contributed by atoms with van der Waals surface area (Å²) in [7, 11) is 0. The van der Waals surface area contributed by atoms with Gasteiger partial charge < -0.3 is 4.74 Å². The summed E-state index contributed by atoms with van der Waals surface area (Å²) in [5.74, 6) is 1.46. The summed E-state index contributed by atoms with van der Waals surface area (Å²) < 4.78 is 7.56. The fourth-order valence-corrected chi connectivity index (χ4v) is 3.18. The molecule has 1 aromatic carbocycles. The lowest BCUT2D eigenvalue weighted by Crippen LogP contribution is -2.43. The van der Waals surface area contributed by atoms with Gasteiger partial charge in [0.1, 0.15) is 18.2 Å². The Balaban J connectivity index is 1.69. The Morgan fingerprint density at radius 2 is 2.14 bits per heavy atom. The van der Waals surface area contributed by atoms with Crippen LogP contribution in [0.1, 0.15) is 48.6 Å². The van der Waals surface area contributed by atoms with Gasteiger partial charge in [0.2, 0.25) is 0 Å². The van der Waals surface area contributed by atoms with E-state index in [1.807, 2.05) is 45.9 Å². The highest BCUT2D eigenvalue weighted by Gasteiger charge is 2.30. The maximum Gasteiger partial charge on any atom is 0.279 e. The average Bonchev–Trinajstić information content (AvgIpc) is 3.18. The maximum absolute atomic E-state index is 13.2. The molecule has 0 unspecified atom stereocenters. The quantitative estimate of drug-likeness (QED) is 0.697. The van der Waals surface area contributed by atoms with Crippen LogP contribution in [0.25, 0.3) is 5.69 Å². The molecule has 0 bridgehead atoms. The van der Waals surface area contributed by atoms with Crippen LogP contribution >= 0.6 is 0 Å². The lowest BCUT2D eigenvalue weighted by atomic mass is 10.1. The van der Waals surface area contributed by atoms with Crippen molar-refractivity contribution >= 4 is 11.6 Å². The number of aromatic nitrogens is 5. The number of anilines is 1. The van der Waals surface area contributed by atoms with Crippen LogP contribution in [0, 0.1) is 6.92 Å². The van der Waals surface area contributed by atoms with Crippen molar-refractivity contribution in [3.05, 3.63) is 53.9 Å². The van der Waals surface area contributed by atoms with Crippen molar-refractivity contribution in [3.8, 4) is 11.4 Å². The molecule has 3 heterocycles. The number of hydrogen-bond acceptors (Lipinski definition) is 6. The van der Waals surface area contributed by atoms with Gasteiger partial charge in [-0.2, -0.15) is 10.2 Å². The van der Waals surface area contributed by atoms with Gasteiger partial charge in [-0.1, -0.05) is 26.0 Å². The fraction of sp³-hybridized carbons (Fsp3) is 0.350. The van der Waals surface area contributed by atoms with Gasteiger partial charge in [-0.15, -0.1) is 5.10 Å². The first-order valence-corrected chi connectivity index (χ1v) is 9.27. The van der Waals surface area contributed by atoms with E-state index in [9.17, 15) is 4.79 Å². The first-order chi connectivity index (χ1) is 13.4. The van der Waals surface area contributed by atoms with Crippen LogP contribution in [-0.4, -0.2) is 43.5 Å².